The van der Waals surface area contributed by atoms with Gasteiger partial charge in [0, 0.05) is 23.4 Å². The molecule has 0 fully saturated rings. The van der Waals surface area contributed by atoms with Crippen LogP contribution in [-0.4, -0.2) is 21.6 Å². The average Bonchev–Trinajstić information content (AvgIpc) is 2.36. The topological polar surface area (TPSA) is 57.0 Å². The third-order valence-corrected chi connectivity index (χ3v) is 3.12. The van der Waals surface area contributed by atoms with E-state index in [0.717, 1.165) is 22.6 Å². The molecule has 2 rings (SSSR count). The number of rotatable bonds is 3. The molecule has 0 aliphatic carbocycles. The predicted molar refractivity (Wildman–Crippen MR) is 72.9 cm³/mol. The zero-order valence-corrected chi connectivity index (χ0v) is 11.7. The van der Waals surface area contributed by atoms with E-state index in [2.05, 4.69) is 9.97 Å². The molecule has 0 unspecified atom stereocenters. The molecule has 0 atom stereocenters. The number of hydrogen-bond acceptors (Lipinski definition) is 4. The zero-order valence-electron chi connectivity index (χ0n) is 11.0. The fourth-order valence-corrected chi connectivity index (χ4v) is 2.05. The molecule has 6 heteroatoms. The highest BCUT2D eigenvalue weighted by molar-refractivity contribution is 6.29. The van der Waals surface area contributed by atoms with Crippen LogP contribution < -0.4 is 10.3 Å². The van der Waals surface area contributed by atoms with Crippen LogP contribution in [0.15, 0.2) is 23.4 Å². The van der Waals surface area contributed by atoms with Gasteiger partial charge in [0.15, 0.2) is 0 Å². The normalized spacial score (nSPS) is 10.5. The van der Waals surface area contributed by atoms with Crippen molar-refractivity contribution in [1.82, 2.24) is 14.5 Å². The molecule has 0 aliphatic heterocycles. The Kier molecular flexibility index (Phi) is 3.85. The molecule has 0 saturated carbocycles. The molecule has 2 aromatic heterocycles. The van der Waals surface area contributed by atoms with Crippen LogP contribution in [0.5, 0.6) is 5.75 Å². The third-order valence-electron chi connectivity index (χ3n) is 2.92. The minimum Gasteiger partial charge on any atom is -0.496 e. The van der Waals surface area contributed by atoms with Crippen LogP contribution in [0, 0.1) is 13.8 Å². The smallest absolute Gasteiger partial charge is 0.255 e. The van der Waals surface area contributed by atoms with Crippen LogP contribution in [0.3, 0.4) is 0 Å². The highest BCUT2D eigenvalue weighted by Crippen LogP contribution is 2.24. The first kappa shape index (κ1) is 13.5. The molecule has 0 spiro atoms. The monoisotopic (exact) mass is 279 g/mol. The van der Waals surface area contributed by atoms with Gasteiger partial charge in [-0.2, -0.15) is 0 Å². The summed E-state index contributed by atoms with van der Waals surface area (Å²) in [7, 11) is 1.62. The maximum absolute atomic E-state index is 11.8. The quantitative estimate of drug-likeness (QED) is 0.806. The largest absolute Gasteiger partial charge is 0.496 e. The van der Waals surface area contributed by atoms with Crippen molar-refractivity contribution < 1.29 is 4.74 Å². The first-order chi connectivity index (χ1) is 9.02. The van der Waals surface area contributed by atoms with E-state index in [1.54, 1.807) is 13.3 Å². The van der Waals surface area contributed by atoms with E-state index in [9.17, 15) is 4.79 Å². The summed E-state index contributed by atoms with van der Waals surface area (Å²) in [5, 5.41) is 0.187. The average molecular weight is 280 g/mol. The third kappa shape index (κ3) is 2.76. The van der Waals surface area contributed by atoms with Crippen molar-refractivity contribution in [3.63, 3.8) is 0 Å². The standard InChI is InChI=1S/C13H14ClN3O2/c1-8-5-15-10(9(2)13(8)19-3)6-17-7-16-11(14)4-12(17)18/h4-5,7H,6H2,1-3H3. The number of aromatic nitrogens is 3. The lowest BCUT2D eigenvalue weighted by atomic mass is 10.1. The number of halogens is 1. The van der Waals surface area contributed by atoms with Crippen LogP contribution >= 0.6 is 11.6 Å². The Morgan fingerprint density at radius 1 is 1.37 bits per heavy atom. The van der Waals surface area contributed by atoms with E-state index in [1.807, 2.05) is 13.8 Å². The Hall–Kier alpha value is -1.88. The molecule has 19 heavy (non-hydrogen) atoms. The van der Waals surface area contributed by atoms with Crippen molar-refractivity contribution >= 4 is 11.6 Å². The molecule has 2 aromatic rings. The SMILES string of the molecule is COc1c(C)cnc(Cn2cnc(Cl)cc2=O)c1C. The minimum atomic E-state index is -0.208. The molecule has 0 amide bonds. The molecular formula is C13H14ClN3O2. The highest BCUT2D eigenvalue weighted by Gasteiger charge is 2.10. The number of pyridine rings is 1. The van der Waals surface area contributed by atoms with Crippen LogP contribution in [-0.2, 0) is 6.54 Å². The van der Waals surface area contributed by atoms with Crippen LogP contribution in [0.4, 0.5) is 0 Å². The first-order valence-electron chi connectivity index (χ1n) is 5.74. The summed E-state index contributed by atoms with van der Waals surface area (Å²) in [6.45, 7) is 4.19. The molecule has 100 valence electrons. The zero-order chi connectivity index (χ0) is 14.0. The summed E-state index contributed by atoms with van der Waals surface area (Å²) >= 11 is 5.66. The van der Waals surface area contributed by atoms with Gasteiger partial charge in [-0.05, 0) is 13.8 Å². The molecule has 0 N–H and O–H groups in total. The lowest BCUT2D eigenvalue weighted by Crippen LogP contribution is -2.21. The number of nitrogens with zero attached hydrogens (tertiary/aromatic N) is 3. The van der Waals surface area contributed by atoms with Crippen molar-refractivity contribution in [2.45, 2.75) is 20.4 Å². The lowest BCUT2D eigenvalue weighted by Gasteiger charge is -2.12. The first-order valence-corrected chi connectivity index (χ1v) is 6.11. The predicted octanol–water partition coefficient (Wildman–Crippen LogP) is 1.97. The maximum Gasteiger partial charge on any atom is 0.255 e. The summed E-state index contributed by atoms with van der Waals surface area (Å²) in [5.41, 5.74) is 2.45. The number of hydrogen-bond donors (Lipinski definition) is 0. The van der Waals surface area contributed by atoms with Crippen molar-refractivity contribution in [1.29, 1.82) is 0 Å². The van der Waals surface area contributed by atoms with Gasteiger partial charge in [-0.15, -0.1) is 0 Å². The van der Waals surface area contributed by atoms with Gasteiger partial charge >= 0.3 is 0 Å². The molecular weight excluding hydrogens is 266 g/mol. The summed E-state index contributed by atoms with van der Waals surface area (Å²) in [6, 6.07) is 1.28. The molecule has 5 nitrogen and oxygen atoms in total. The van der Waals surface area contributed by atoms with E-state index < -0.39 is 0 Å². The highest BCUT2D eigenvalue weighted by atomic mass is 35.5. The van der Waals surface area contributed by atoms with Crippen LogP contribution in [0.2, 0.25) is 5.15 Å². The Morgan fingerprint density at radius 3 is 2.74 bits per heavy atom. The molecule has 0 aliphatic rings. The second-order valence-corrected chi connectivity index (χ2v) is 4.61. The molecule has 0 bridgehead atoms. The van der Waals surface area contributed by atoms with Crippen molar-refractivity contribution in [2.75, 3.05) is 7.11 Å². The number of ether oxygens (including phenoxy) is 1. The van der Waals surface area contributed by atoms with Gasteiger partial charge in [0.2, 0.25) is 0 Å². The van der Waals surface area contributed by atoms with Crippen molar-refractivity contribution in [3.8, 4) is 5.75 Å². The van der Waals surface area contributed by atoms with Crippen LogP contribution in [0.25, 0.3) is 0 Å². The van der Waals surface area contributed by atoms with Gasteiger partial charge in [0.25, 0.3) is 5.56 Å². The fourth-order valence-electron chi connectivity index (χ4n) is 1.91. The summed E-state index contributed by atoms with van der Waals surface area (Å²) in [5.74, 6) is 0.792. The number of methoxy groups -OCH3 is 1. The van der Waals surface area contributed by atoms with Gasteiger partial charge < -0.3 is 4.74 Å². The lowest BCUT2D eigenvalue weighted by molar-refractivity contribution is 0.406. The van der Waals surface area contributed by atoms with E-state index in [0.29, 0.717) is 6.54 Å². The van der Waals surface area contributed by atoms with Crippen LogP contribution in [0.1, 0.15) is 16.8 Å². The number of aryl methyl sites for hydroxylation is 1. The fraction of sp³-hybridized carbons (Fsp3) is 0.308. The molecule has 0 aromatic carbocycles. The Bertz CT molecular complexity index is 667. The summed E-state index contributed by atoms with van der Waals surface area (Å²) < 4.78 is 6.79. The van der Waals surface area contributed by atoms with Gasteiger partial charge in [-0.3, -0.25) is 14.3 Å². The second kappa shape index (κ2) is 5.40. The maximum atomic E-state index is 11.8. The summed E-state index contributed by atoms with van der Waals surface area (Å²) in [6.07, 6.45) is 3.15. The van der Waals surface area contributed by atoms with Crippen molar-refractivity contribution in [2.24, 2.45) is 0 Å². The van der Waals surface area contributed by atoms with Gasteiger partial charge in [0.1, 0.15) is 10.9 Å². The van der Waals surface area contributed by atoms with E-state index in [1.165, 1.54) is 17.0 Å². The van der Waals surface area contributed by atoms with Crippen molar-refractivity contribution in [3.05, 3.63) is 50.9 Å². The van der Waals surface area contributed by atoms with E-state index in [-0.39, 0.29) is 10.7 Å². The second-order valence-electron chi connectivity index (χ2n) is 4.22. The van der Waals surface area contributed by atoms with E-state index in [4.69, 9.17) is 16.3 Å². The van der Waals surface area contributed by atoms with Gasteiger partial charge in [-0.25, -0.2) is 4.98 Å². The Labute approximate surface area is 115 Å². The Morgan fingerprint density at radius 2 is 2.11 bits per heavy atom. The minimum absolute atomic E-state index is 0.187. The van der Waals surface area contributed by atoms with E-state index >= 15 is 0 Å². The van der Waals surface area contributed by atoms with Gasteiger partial charge in [-0.1, -0.05) is 11.6 Å². The molecule has 0 saturated heterocycles. The van der Waals surface area contributed by atoms with Gasteiger partial charge in [0.05, 0.1) is 25.7 Å². The molecule has 2 heterocycles. The summed E-state index contributed by atoms with van der Waals surface area (Å²) in [4.78, 5) is 20.0. The Balaban J connectivity index is 2.41. The molecule has 0 radical (unpaired) electrons.